The van der Waals surface area contributed by atoms with Gasteiger partial charge in [0, 0.05) is 18.0 Å². The molecule has 1 unspecified atom stereocenters. The van der Waals surface area contributed by atoms with E-state index in [-0.39, 0.29) is 38.0 Å². The van der Waals surface area contributed by atoms with Crippen LogP contribution in [0.1, 0.15) is 58.4 Å². The Hall–Kier alpha value is -1.84. The lowest BCUT2D eigenvalue weighted by Crippen LogP contribution is -2.39. The number of sulfonamides is 1. The minimum Gasteiger partial charge on any atom is -0.494 e. The van der Waals surface area contributed by atoms with Crippen LogP contribution in [-0.2, 0) is 24.3 Å². The summed E-state index contributed by atoms with van der Waals surface area (Å²) in [6.07, 6.45) is 2.57. The van der Waals surface area contributed by atoms with Crippen molar-refractivity contribution < 1.29 is 32.2 Å². The number of fused-ring (bicyclic) bond motifs is 1. The van der Waals surface area contributed by atoms with Crippen LogP contribution in [0.25, 0.3) is 0 Å². The van der Waals surface area contributed by atoms with E-state index in [9.17, 15) is 13.2 Å². The fourth-order valence-electron chi connectivity index (χ4n) is 3.51. The first-order chi connectivity index (χ1) is 14.7. The van der Waals surface area contributed by atoms with E-state index < -0.39 is 21.6 Å². The number of carbonyl (C=O) groups excluding carboxylic acids is 1. The normalized spacial score (nSPS) is 17.5. The molecule has 1 aromatic carbocycles. The number of hydrogen-bond acceptors (Lipinski definition) is 7. The molecule has 8 nitrogen and oxygen atoms in total. The van der Waals surface area contributed by atoms with Crippen molar-refractivity contribution in [1.29, 1.82) is 0 Å². The molecule has 31 heavy (non-hydrogen) atoms. The Balaban J connectivity index is 1.99. The first-order valence-electron chi connectivity index (χ1n) is 10.8. The molecule has 0 fully saturated rings. The Morgan fingerprint density at radius 1 is 1.26 bits per heavy atom. The third-order valence-corrected chi connectivity index (χ3v) is 6.31. The third-order valence-electron chi connectivity index (χ3n) is 4.83. The van der Waals surface area contributed by atoms with Crippen molar-refractivity contribution in [2.45, 2.75) is 58.5 Å². The van der Waals surface area contributed by atoms with Crippen LogP contribution < -0.4 is 14.2 Å². The summed E-state index contributed by atoms with van der Waals surface area (Å²) in [7, 11) is -3.56. The van der Waals surface area contributed by atoms with E-state index in [0.717, 1.165) is 24.2 Å². The van der Waals surface area contributed by atoms with Crippen molar-refractivity contribution in [2.75, 3.05) is 38.7 Å². The molecule has 0 aliphatic carbocycles. The highest BCUT2D eigenvalue weighted by molar-refractivity contribution is 7.89. The van der Waals surface area contributed by atoms with Gasteiger partial charge in [-0.3, -0.25) is 0 Å². The molecule has 2 rings (SSSR count). The molecule has 0 bridgehead atoms. The highest BCUT2D eigenvalue weighted by Gasteiger charge is 2.36. The zero-order valence-corrected chi connectivity index (χ0v) is 19.8. The lowest BCUT2D eigenvalue weighted by molar-refractivity contribution is -0.148. The second-order valence-electron chi connectivity index (χ2n) is 8.20. The Morgan fingerprint density at radius 2 is 2.03 bits per heavy atom. The number of esters is 1. The van der Waals surface area contributed by atoms with Crippen molar-refractivity contribution in [1.82, 2.24) is 4.72 Å². The fourth-order valence-corrected chi connectivity index (χ4v) is 4.84. The molecule has 176 valence electrons. The average Bonchev–Trinajstić information content (AvgIpc) is 2.67. The largest absolute Gasteiger partial charge is 0.494 e. The number of ether oxygens (including phenoxy) is 4. The zero-order valence-electron chi connectivity index (χ0n) is 18.9. The van der Waals surface area contributed by atoms with Gasteiger partial charge in [-0.25, -0.2) is 17.9 Å². The summed E-state index contributed by atoms with van der Waals surface area (Å²) in [5, 5.41) is 0. The van der Waals surface area contributed by atoms with Crippen molar-refractivity contribution in [3.8, 4) is 11.5 Å². The van der Waals surface area contributed by atoms with Crippen LogP contribution in [0.5, 0.6) is 11.5 Å². The van der Waals surface area contributed by atoms with E-state index in [1.165, 1.54) is 0 Å². The van der Waals surface area contributed by atoms with Crippen LogP contribution in [0.2, 0.25) is 0 Å². The van der Waals surface area contributed by atoms with Crippen LogP contribution in [0.15, 0.2) is 18.2 Å². The molecule has 0 saturated heterocycles. The second kappa shape index (κ2) is 11.7. The van der Waals surface area contributed by atoms with E-state index in [1.54, 1.807) is 6.92 Å². The molecule has 0 radical (unpaired) electrons. The highest BCUT2D eigenvalue weighted by atomic mass is 32.2. The minimum atomic E-state index is -3.56. The quantitative estimate of drug-likeness (QED) is 0.359. The molecule has 9 heteroatoms. The zero-order chi connectivity index (χ0) is 22.9. The lowest BCUT2D eigenvalue weighted by Gasteiger charge is -2.37. The van der Waals surface area contributed by atoms with Crippen molar-refractivity contribution in [3.05, 3.63) is 23.8 Å². The van der Waals surface area contributed by atoms with Gasteiger partial charge in [0.15, 0.2) is 0 Å². The molecule has 0 spiro atoms. The van der Waals surface area contributed by atoms with Crippen molar-refractivity contribution in [3.63, 3.8) is 0 Å². The number of nitrogens with one attached hydrogen (secondary N) is 1. The third kappa shape index (κ3) is 8.66. The minimum absolute atomic E-state index is 0.0664. The topological polar surface area (TPSA) is 100 Å². The monoisotopic (exact) mass is 457 g/mol. The summed E-state index contributed by atoms with van der Waals surface area (Å²) in [6.45, 7) is 8.60. The fraction of sp³-hybridized carbons (Fsp3) is 0.682. The van der Waals surface area contributed by atoms with Crippen molar-refractivity contribution >= 4 is 16.0 Å². The molecular weight excluding hydrogens is 422 g/mol. The summed E-state index contributed by atoms with van der Waals surface area (Å²) < 4.78 is 49.7. The summed E-state index contributed by atoms with van der Waals surface area (Å²) in [5.41, 5.74) is 0.373. The molecule has 0 aromatic heterocycles. The number of carbonyl (C=O) groups is 1. The molecule has 1 atom stereocenters. The van der Waals surface area contributed by atoms with Gasteiger partial charge in [-0.15, -0.1) is 0 Å². The van der Waals surface area contributed by atoms with Gasteiger partial charge in [-0.1, -0.05) is 13.3 Å². The van der Waals surface area contributed by atoms with E-state index in [1.807, 2.05) is 32.0 Å². The van der Waals surface area contributed by atoms with Gasteiger partial charge in [-0.05, 0) is 51.8 Å². The van der Waals surface area contributed by atoms with E-state index in [0.29, 0.717) is 18.8 Å². The van der Waals surface area contributed by atoms with Crippen LogP contribution in [0, 0.1) is 0 Å². The van der Waals surface area contributed by atoms with Crippen LogP contribution in [-0.4, -0.2) is 58.7 Å². The van der Waals surface area contributed by atoms with E-state index in [4.69, 9.17) is 18.9 Å². The maximum atomic E-state index is 12.7. The van der Waals surface area contributed by atoms with Gasteiger partial charge in [-0.2, -0.15) is 0 Å². The first-order valence-corrected chi connectivity index (χ1v) is 12.5. The molecule has 1 N–H and O–H groups in total. The maximum absolute atomic E-state index is 12.7. The molecule has 1 aliphatic heterocycles. The average molecular weight is 458 g/mol. The summed E-state index contributed by atoms with van der Waals surface area (Å²) in [6, 6.07) is 5.61. The predicted molar refractivity (Wildman–Crippen MR) is 118 cm³/mol. The summed E-state index contributed by atoms with van der Waals surface area (Å²) in [4.78, 5) is 11.2. The molecular formula is C22H35NO7S. The van der Waals surface area contributed by atoms with E-state index in [2.05, 4.69) is 11.6 Å². The Bertz CT molecular complexity index is 823. The summed E-state index contributed by atoms with van der Waals surface area (Å²) >= 11 is 0. The standard InChI is InChI=1S/C22H35NO7S/c1-5-7-11-29-18-8-9-20-19(13-18)17(14-22(3,4)30-20)16-31(25,26)23-10-12-27-15-21(24)28-6-2/h8-9,13,17,23H,5-7,10-12,14-16H2,1-4H3. The predicted octanol–water partition coefficient (Wildman–Crippen LogP) is 3.01. The van der Waals surface area contributed by atoms with Crippen molar-refractivity contribution in [2.24, 2.45) is 0 Å². The number of benzene rings is 1. The molecule has 1 aliphatic rings. The molecule has 0 saturated carbocycles. The van der Waals surface area contributed by atoms with Gasteiger partial charge < -0.3 is 18.9 Å². The van der Waals surface area contributed by atoms with Gasteiger partial charge >= 0.3 is 5.97 Å². The van der Waals surface area contributed by atoms with Crippen LogP contribution in [0.3, 0.4) is 0 Å². The Morgan fingerprint density at radius 3 is 2.74 bits per heavy atom. The van der Waals surface area contributed by atoms with Gasteiger partial charge in [0.05, 0.1) is 25.6 Å². The summed E-state index contributed by atoms with van der Waals surface area (Å²) in [5.74, 6) is 0.647. The maximum Gasteiger partial charge on any atom is 0.332 e. The van der Waals surface area contributed by atoms with E-state index >= 15 is 0 Å². The number of rotatable bonds is 13. The number of unbranched alkanes of at least 4 members (excludes halogenated alkanes) is 1. The van der Waals surface area contributed by atoms with Gasteiger partial charge in [0.2, 0.25) is 10.0 Å². The first kappa shape index (κ1) is 25.4. The second-order valence-corrected chi connectivity index (χ2v) is 10.0. The van der Waals surface area contributed by atoms with Gasteiger partial charge in [0.1, 0.15) is 23.7 Å². The molecule has 1 aromatic rings. The SMILES string of the molecule is CCCCOc1ccc2c(c1)C(CS(=O)(=O)NCCOCC(=O)OCC)CC(C)(C)O2. The molecule has 0 amide bonds. The Labute approximate surface area is 185 Å². The van der Waals surface area contributed by atoms with Crippen LogP contribution in [0.4, 0.5) is 0 Å². The van der Waals surface area contributed by atoms with Crippen LogP contribution >= 0.6 is 0 Å². The number of hydrogen-bond donors (Lipinski definition) is 1. The van der Waals surface area contributed by atoms with Gasteiger partial charge in [0.25, 0.3) is 0 Å². The Kier molecular flexibility index (Phi) is 9.58. The highest BCUT2D eigenvalue weighted by Crippen LogP contribution is 2.42. The molecule has 1 heterocycles. The lowest BCUT2D eigenvalue weighted by atomic mass is 9.85. The smallest absolute Gasteiger partial charge is 0.332 e.